The van der Waals surface area contributed by atoms with Crippen LogP contribution in [0.1, 0.15) is 46.0 Å². The lowest BCUT2D eigenvalue weighted by Gasteiger charge is -2.14. The van der Waals surface area contributed by atoms with Crippen LogP contribution in [0.25, 0.3) is 0 Å². The third-order valence-electron chi connectivity index (χ3n) is 4.87. The van der Waals surface area contributed by atoms with Crippen molar-refractivity contribution in [2.24, 2.45) is 0 Å². The molecule has 0 saturated heterocycles. The summed E-state index contributed by atoms with van der Waals surface area (Å²) < 4.78 is 6.52. The predicted octanol–water partition coefficient (Wildman–Crippen LogP) is 5.68. The molecule has 34 heavy (non-hydrogen) atoms. The van der Waals surface area contributed by atoms with Crippen molar-refractivity contribution in [1.82, 2.24) is 10.6 Å². The number of benzene rings is 3. The Labute approximate surface area is 213 Å². The lowest BCUT2D eigenvalue weighted by molar-refractivity contribution is 0.0948. The maximum absolute atomic E-state index is 12.8. The number of nitrogens with one attached hydrogen (secondary N) is 3. The van der Waals surface area contributed by atoms with Crippen LogP contribution in [-0.2, 0) is 6.54 Å². The second kappa shape index (κ2) is 12.9. The molecule has 0 saturated carbocycles. The van der Waals surface area contributed by atoms with Crippen molar-refractivity contribution in [2.75, 3.05) is 11.9 Å². The van der Waals surface area contributed by atoms with Gasteiger partial charge in [-0.05, 0) is 66.7 Å². The van der Waals surface area contributed by atoms with Crippen LogP contribution in [0.15, 0.2) is 77.3 Å². The summed E-state index contributed by atoms with van der Waals surface area (Å²) in [5.41, 5.74) is 2.60. The average molecular weight is 540 g/mol. The Morgan fingerprint density at radius 3 is 2.41 bits per heavy atom. The fourth-order valence-corrected chi connectivity index (χ4v) is 3.62. The van der Waals surface area contributed by atoms with Crippen LogP contribution < -0.4 is 20.7 Å². The number of amides is 2. The molecule has 0 fully saturated rings. The third-order valence-corrected chi connectivity index (χ3v) is 5.57. The molecule has 3 rings (SSSR count). The molecule has 0 aliphatic carbocycles. The Morgan fingerprint density at radius 2 is 1.71 bits per heavy atom. The minimum Gasteiger partial charge on any atom is -0.493 e. The highest BCUT2D eigenvalue weighted by molar-refractivity contribution is 9.10. The van der Waals surface area contributed by atoms with Gasteiger partial charge in [-0.3, -0.25) is 14.9 Å². The van der Waals surface area contributed by atoms with Gasteiger partial charge in [0.1, 0.15) is 5.75 Å². The SMILES string of the molecule is CCCCOc1ccc(Br)cc1C(=O)NC(=S)Nc1ccc(C(=O)NCc2ccccc2)cc1. The second-order valence-electron chi connectivity index (χ2n) is 7.50. The van der Waals surface area contributed by atoms with Gasteiger partial charge in [-0.1, -0.05) is 59.6 Å². The maximum atomic E-state index is 12.8. The van der Waals surface area contributed by atoms with Crippen LogP contribution in [0.4, 0.5) is 5.69 Å². The number of rotatable bonds is 9. The molecule has 0 unspecified atom stereocenters. The van der Waals surface area contributed by atoms with Crippen molar-refractivity contribution < 1.29 is 14.3 Å². The Kier molecular flexibility index (Phi) is 9.61. The Bertz CT molecular complexity index is 1140. The largest absolute Gasteiger partial charge is 0.493 e. The molecule has 3 aromatic rings. The van der Waals surface area contributed by atoms with Gasteiger partial charge in [0.2, 0.25) is 0 Å². The van der Waals surface area contributed by atoms with Crippen LogP contribution in [-0.4, -0.2) is 23.5 Å². The molecule has 0 atom stereocenters. The van der Waals surface area contributed by atoms with Gasteiger partial charge < -0.3 is 15.4 Å². The molecule has 0 aliphatic heterocycles. The van der Waals surface area contributed by atoms with Crippen molar-refractivity contribution in [3.8, 4) is 5.75 Å². The van der Waals surface area contributed by atoms with E-state index in [1.165, 1.54) is 0 Å². The number of ether oxygens (including phenoxy) is 1. The lowest BCUT2D eigenvalue weighted by Crippen LogP contribution is -2.34. The molecule has 0 spiro atoms. The summed E-state index contributed by atoms with van der Waals surface area (Å²) in [4.78, 5) is 25.2. The van der Waals surface area contributed by atoms with Crippen LogP contribution in [0.2, 0.25) is 0 Å². The van der Waals surface area contributed by atoms with E-state index in [2.05, 4.69) is 38.8 Å². The number of carbonyl (C=O) groups excluding carboxylic acids is 2. The first kappa shape index (κ1) is 25.4. The number of thiocarbonyl (C=S) groups is 1. The van der Waals surface area contributed by atoms with E-state index < -0.39 is 0 Å². The van der Waals surface area contributed by atoms with Crippen LogP contribution in [0, 0.1) is 0 Å². The molecule has 3 N–H and O–H groups in total. The zero-order chi connectivity index (χ0) is 24.3. The monoisotopic (exact) mass is 539 g/mol. The predicted molar refractivity (Wildman–Crippen MR) is 142 cm³/mol. The normalized spacial score (nSPS) is 10.3. The summed E-state index contributed by atoms with van der Waals surface area (Å²) in [6.45, 7) is 3.06. The van der Waals surface area contributed by atoms with Crippen LogP contribution in [0.5, 0.6) is 5.75 Å². The van der Waals surface area contributed by atoms with E-state index in [-0.39, 0.29) is 16.9 Å². The molecule has 0 aliphatic rings. The molecule has 8 heteroatoms. The van der Waals surface area contributed by atoms with Crippen LogP contribution >= 0.6 is 28.1 Å². The molecule has 3 aromatic carbocycles. The number of hydrogen-bond acceptors (Lipinski definition) is 4. The maximum Gasteiger partial charge on any atom is 0.261 e. The van der Waals surface area contributed by atoms with Gasteiger partial charge in [-0.2, -0.15) is 0 Å². The summed E-state index contributed by atoms with van der Waals surface area (Å²) in [6, 6.07) is 21.8. The molecule has 176 valence electrons. The Balaban J connectivity index is 1.55. The van der Waals surface area contributed by atoms with Crippen LogP contribution in [0.3, 0.4) is 0 Å². The highest BCUT2D eigenvalue weighted by Crippen LogP contribution is 2.23. The standard InChI is InChI=1S/C26H26BrN3O3S/c1-2-3-15-33-23-14-11-20(27)16-22(23)25(32)30-26(34)29-21-12-9-19(10-13-21)24(31)28-17-18-7-5-4-6-8-18/h4-14,16H,2-3,15,17H2,1H3,(H,28,31)(H2,29,30,32,34). The van der Waals surface area contributed by atoms with E-state index in [4.69, 9.17) is 17.0 Å². The number of carbonyl (C=O) groups is 2. The Hall–Kier alpha value is -3.23. The fourth-order valence-electron chi connectivity index (χ4n) is 3.05. The zero-order valence-electron chi connectivity index (χ0n) is 18.8. The van der Waals surface area contributed by atoms with Gasteiger partial charge >= 0.3 is 0 Å². The number of hydrogen-bond donors (Lipinski definition) is 3. The molecular formula is C26H26BrN3O3S. The van der Waals surface area contributed by atoms with Gasteiger partial charge in [0.25, 0.3) is 11.8 Å². The molecule has 0 aromatic heterocycles. The smallest absolute Gasteiger partial charge is 0.261 e. The molecule has 0 bridgehead atoms. The second-order valence-corrected chi connectivity index (χ2v) is 8.82. The average Bonchev–Trinajstić information content (AvgIpc) is 2.84. The Morgan fingerprint density at radius 1 is 0.971 bits per heavy atom. The summed E-state index contributed by atoms with van der Waals surface area (Å²) in [7, 11) is 0. The van der Waals surface area contributed by atoms with Crippen molar-refractivity contribution in [3.63, 3.8) is 0 Å². The summed E-state index contributed by atoms with van der Waals surface area (Å²) in [5.74, 6) is -0.0402. The van der Waals surface area contributed by atoms with E-state index in [1.54, 1.807) is 36.4 Å². The van der Waals surface area contributed by atoms with Gasteiger partial charge in [-0.25, -0.2) is 0 Å². The minimum atomic E-state index is -0.373. The van der Waals surface area contributed by atoms with E-state index in [0.717, 1.165) is 22.9 Å². The van der Waals surface area contributed by atoms with E-state index in [9.17, 15) is 9.59 Å². The number of anilines is 1. The summed E-state index contributed by atoms with van der Waals surface area (Å²) in [6.07, 6.45) is 1.90. The highest BCUT2D eigenvalue weighted by atomic mass is 79.9. The van der Waals surface area contributed by atoms with Gasteiger partial charge in [0, 0.05) is 22.3 Å². The first-order chi connectivity index (χ1) is 16.5. The molecule has 6 nitrogen and oxygen atoms in total. The number of unbranched alkanes of at least 4 members (excludes halogenated alkanes) is 1. The van der Waals surface area contributed by atoms with Crippen molar-refractivity contribution >= 4 is 50.8 Å². The van der Waals surface area contributed by atoms with Crippen molar-refractivity contribution in [1.29, 1.82) is 0 Å². The fraction of sp³-hybridized carbons (Fsp3) is 0.192. The topological polar surface area (TPSA) is 79.5 Å². The van der Waals surface area contributed by atoms with E-state index >= 15 is 0 Å². The molecule has 0 heterocycles. The first-order valence-electron chi connectivity index (χ1n) is 10.9. The highest BCUT2D eigenvalue weighted by Gasteiger charge is 2.15. The molecular weight excluding hydrogens is 514 g/mol. The number of halogens is 1. The molecule has 0 radical (unpaired) electrons. The molecule has 2 amide bonds. The zero-order valence-corrected chi connectivity index (χ0v) is 21.2. The third kappa shape index (κ3) is 7.67. The van der Waals surface area contributed by atoms with Crippen molar-refractivity contribution in [2.45, 2.75) is 26.3 Å². The van der Waals surface area contributed by atoms with Gasteiger partial charge in [0.05, 0.1) is 12.2 Å². The van der Waals surface area contributed by atoms with Crippen molar-refractivity contribution in [3.05, 3.63) is 94.0 Å². The van der Waals surface area contributed by atoms with E-state index in [1.807, 2.05) is 36.4 Å². The van der Waals surface area contributed by atoms with Gasteiger partial charge in [-0.15, -0.1) is 0 Å². The van der Waals surface area contributed by atoms with E-state index in [0.29, 0.717) is 35.7 Å². The first-order valence-corrected chi connectivity index (χ1v) is 12.1. The van der Waals surface area contributed by atoms with Gasteiger partial charge in [0.15, 0.2) is 5.11 Å². The minimum absolute atomic E-state index is 0.144. The summed E-state index contributed by atoms with van der Waals surface area (Å²) >= 11 is 8.69. The lowest BCUT2D eigenvalue weighted by atomic mass is 10.1. The summed E-state index contributed by atoms with van der Waals surface area (Å²) in [5, 5.41) is 8.68. The quantitative estimate of drug-likeness (QED) is 0.240.